The van der Waals surface area contributed by atoms with Gasteiger partial charge in [0, 0.05) is 40.2 Å². The summed E-state index contributed by atoms with van der Waals surface area (Å²) >= 11 is 0. The van der Waals surface area contributed by atoms with Crippen LogP contribution in [0.25, 0.3) is 21.8 Å². The summed E-state index contributed by atoms with van der Waals surface area (Å²) < 4.78 is 0. The lowest BCUT2D eigenvalue weighted by atomic mass is 9.94. The lowest BCUT2D eigenvalue weighted by Gasteiger charge is -2.13. The molecular formula is C20H14N4O4. The Balaban J connectivity index is 1.87. The third-order valence-electron chi connectivity index (χ3n) is 4.79. The van der Waals surface area contributed by atoms with Crippen molar-refractivity contribution in [2.24, 2.45) is 0 Å². The van der Waals surface area contributed by atoms with Gasteiger partial charge < -0.3 is 0 Å². The number of rotatable bonds is 4. The first-order chi connectivity index (χ1) is 13.5. The van der Waals surface area contributed by atoms with E-state index in [2.05, 4.69) is 4.98 Å². The maximum absolute atomic E-state index is 11.5. The molecule has 0 unspecified atom stereocenters. The predicted molar refractivity (Wildman–Crippen MR) is 104 cm³/mol. The number of pyridine rings is 2. The molecule has 1 atom stereocenters. The van der Waals surface area contributed by atoms with Crippen LogP contribution in [0.2, 0.25) is 0 Å². The Kier molecular flexibility index (Phi) is 4.15. The molecule has 0 fully saturated rings. The van der Waals surface area contributed by atoms with Gasteiger partial charge in [0.1, 0.15) is 0 Å². The third kappa shape index (κ3) is 2.90. The van der Waals surface area contributed by atoms with Crippen LogP contribution in [0.1, 0.15) is 24.1 Å². The highest BCUT2D eigenvalue weighted by molar-refractivity contribution is 6.02. The van der Waals surface area contributed by atoms with Crippen LogP contribution in [0, 0.1) is 20.2 Å². The van der Waals surface area contributed by atoms with Crippen LogP contribution in [0.4, 0.5) is 11.4 Å². The zero-order chi connectivity index (χ0) is 19.8. The van der Waals surface area contributed by atoms with Crippen molar-refractivity contribution in [3.63, 3.8) is 0 Å². The third-order valence-corrected chi connectivity index (χ3v) is 4.79. The molecular weight excluding hydrogens is 360 g/mol. The second-order valence-corrected chi connectivity index (χ2v) is 6.43. The lowest BCUT2D eigenvalue weighted by Crippen LogP contribution is -2.04. The molecule has 0 spiro atoms. The molecule has 0 saturated heterocycles. The Morgan fingerprint density at radius 2 is 1.61 bits per heavy atom. The van der Waals surface area contributed by atoms with Gasteiger partial charge in [-0.25, -0.2) is 4.98 Å². The smallest absolute Gasteiger partial charge is 0.258 e. The van der Waals surface area contributed by atoms with Crippen LogP contribution in [-0.4, -0.2) is 19.8 Å². The fourth-order valence-corrected chi connectivity index (χ4v) is 3.31. The Morgan fingerprint density at radius 1 is 0.893 bits per heavy atom. The normalized spacial score (nSPS) is 12.2. The maximum Gasteiger partial charge on any atom is 0.280 e. The molecule has 0 radical (unpaired) electrons. The van der Waals surface area contributed by atoms with Crippen LogP contribution in [0.3, 0.4) is 0 Å². The zero-order valence-corrected chi connectivity index (χ0v) is 14.8. The van der Waals surface area contributed by atoms with E-state index in [1.807, 2.05) is 36.4 Å². The van der Waals surface area contributed by atoms with Gasteiger partial charge in [0.05, 0.1) is 26.9 Å². The molecule has 0 saturated carbocycles. The summed E-state index contributed by atoms with van der Waals surface area (Å²) in [5.74, 6) is -0.426. The first-order valence-corrected chi connectivity index (χ1v) is 8.53. The van der Waals surface area contributed by atoms with Crippen molar-refractivity contribution in [2.75, 3.05) is 0 Å². The molecule has 0 aliphatic rings. The van der Waals surface area contributed by atoms with E-state index in [1.165, 1.54) is 12.1 Å². The van der Waals surface area contributed by atoms with Crippen molar-refractivity contribution >= 4 is 33.2 Å². The largest absolute Gasteiger partial charge is 0.280 e. The van der Waals surface area contributed by atoms with Crippen LogP contribution >= 0.6 is 0 Å². The number of fused-ring (bicyclic) bond motifs is 3. The van der Waals surface area contributed by atoms with Gasteiger partial charge in [-0.2, -0.15) is 0 Å². The van der Waals surface area contributed by atoms with Gasteiger partial charge in [-0.1, -0.05) is 31.2 Å². The molecule has 28 heavy (non-hydrogen) atoms. The van der Waals surface area contributed by atoms with E-state index in [0.717, 1.165) is 22.4 Å². The van der Waals surface area contributed by atoms with Crippen LogP contribution in [0.5, 0.6) is 0 Å². The quantitative estimate of drug-likeness (QED) is 0.289. The van der Waals surface area contributed by atoms with Crippen molar-refractivity contribution in [1.29, 1.82) is 0 Å². The first-order valence-electron chi connectivity index (χ1n) is 8.53. The first kappa shape index (κ1) is 17.5. The highest BCUT2D eigenvalue weighted by Crippen LogP contribution is 2.34. The van der Waals surface area contributed by atoms with Crippen molar-refractivity contribution < 1.29 is 9.85 Å². The van der Waals surface area contributed by atoms with E-state index in [9.17, 15) is 20.2 Å². The van der Waals surface area contributed by atoms with Gasteiger partial charge >= 0.3 is 0 Å². The number of nitro benzene ring substituents is 2. The molecule has 8 nitrogen and oxygen atoms in total. The Labute approximate surface area is 158 Å². The maximum atomic E-state index is 11.5. The monoisotopic (exact) mass is 374 g/mol. The summed E-state index contributed by atoms with van der Waals surface area (Å²) in [6.07, 6.45) is 1.70. The topological polar surface area (TPSA) is 112 Å². The van der Waals surface area contributed by atoms with Crippen LogP contribution in [-0.2, 0) is 0 Å². The molecule has 8 heteroatoms. The average Bonchev–Trinajstić information content (AvgIpc) is 2.72. The molecule has 0 aliphatic carbocycles. The van der Waals surface area contributed by atoms with Crippen LogP contribution in [0.15, 0.2) is 60.8 Å². The van der Waals surface area contributed by atoms with E-state index < -0.39 is 15.8 Å². The standard InChI is InChI=1S/C20H14N4O4/c1-12(16-8-7-15(23(25)26)11-18(16)24(27)28)17-9-6-14-5-4-13-3-2-10-21-19(13)20(14)22-17/h2-12H,1H3/t12-/m0/s1. The van der Waals surface area contributed by atoms with Crippen molar-refractivity contribution in [1.82, 2.24) is 9.97 Å². The summed E-state index contributed by atoms with van der Waals surface area (Å²) in [7, 11) is 0. The van der Waals surface area contributed by atoms with Gasteiger partial charge in [-0.3, -0.25) is 25.2 Å². The number of hydrogen-bond donors (Lipinski definition) is 0. The molecule has 2 aromatic heterocycles. The fraction of sp³-hybridized carbons (Fsp3) is 0.100. The lowest BCUT2D eigenvalue weighted by molar-refractivity contribution is -0.394. The van der Waals surface area contributed by atoms with Gasteiger partial charge in [-0.05, 0) is 18.2 Å². The Bertz CT molecular complexity index is 1260. The van der Waals surface area contributed by atoms with Crippen molar-refractivity contribution in [3.05, 3.63) is 92.3 Å². The van der Waals surface area contributed by atoms with Gasteiger partial charge in [0.2, 0.25) is 0 Å². The number of benzene rings is 2. The predicted octanol–water partition coefficient (Wildman–Crippen LogP) is 4.75. The Morgan fingerprint density at radius 3 is 2.32 bits per heavy atom. The summed E-state index contributed by atoms with van der Waals surface area (Å²) in [6.45, 7) is 1.79. The summed E-state index contributed by atoms with van der Waals surface area (Å²) in [6, 6.07) is 15.1. The minimum Gasteiger partial charge on any atom is -0.258 e. The molecule has 0 bridgehead atoms. The number of non-ortho nitro benzene ring substituents is 1. The molecule has 2 aromatic carbocycles. The van der Waals surface area contributed by atoms with E-state index in [0.29, 0.717) is 16.8 Å². The van der Waals surface area contributed by atoms with E-state index in [4.69, 9.17) is 4.98 Å². The van der Waals surface area contributed by atoms with E-state index in [-0.39, 0.29) is 11.4 Å². The van der Waals surface area contributed by atoms with Crippen molar-refractivity contribution in [2.45, 2.75) is 12.8 Å². The molecule has 0 aliphatic heterocycles. The highest BCUT2D eigenvalue weighted by Gasteiger charge is 2.24. The summed E-state index contributed by atoms with van der Waals surface area (Å²) in [5, 5.41) is 24.3. The van der Waals surface area contributed by atoms with E-state index >= 15 is 0 Å². The minimum absolute atomic E-state index is 0.292. The molecule has 0 amide bonds. The number of hydrogen-bond acceptors (Lipinski definition) is 6. The fourth-order valence-electron chi connectivity index (χ4n) is 3.31. The molecule has 4 rings (SSSR count). The van der Waals surface area contributed by atoms with Gasteiger partial charge in [0.15, 0.2) is 0 Å². The SMILES string of the molecule is C[C@H](c1ccc2ccc3cccnc3c2n1)c1ccc([N+](=O)[O-])cc1[N+](=O)[O-]. The van der Waals surface area contributed by atoms with Gasteiger partial charge in [-0.15, -0.1) is 0 Å². The number of aromatic nitrogens is 2. The molecule has 138 valence electrons. The second kappa shape index (κ2) is 6.66. The van der Waals surface area contributed by atoms with Crippen molar-refractivity contribution in [3.8, 4) is 0 Å². The van der Waals surface area contributed by atoms with E-state index in [1.54, 1.807) is 13.1 Å². The molecule has 0 N–H and O–H groups in total. The summed E-state index contributed by atoms with van der Waals surface area (Å²) in [5.41, 5.74) is 1.86. The second-order valence-electron chi connectivity index (χ2n) is 6.43. The average molecular weight is 374 g/mol. The molecule has 2 heterocycles. The summed E-state index contributed by atoms with van der Waals surface area (Å²) in [4.78, 5) is 30.3. The van der Waals surface area contributed by atoms with Crippen LogP contribution < -0.4 is 0 Å². The highest BCUT2D eigenvalue weighted by atomic mass is 16.6. The minimum atomic E-state index is -0.645. The number of nitrogens with zero attached hydrogens (tertiary/aromatic N) is 4. The zero-order valence-electron chi connectivity index (χ0n) is 14.8. The van der Waals surface area contributed by atoms with Gasteiger partial charge in [0.25, 0.3) is 11.4 Å². The molecule has 4 aromatic rings. The number of nitro groups is 2. The Hall–Kier alpha value is -3.94.